The van der Waals surface area contributed by atoms with Crippen LogP contribution in [0.25, 0.3) is 0 Å². The zero-order valence-corrected chi connectivity index (χ0v) is 27.2. The molecule has 3 amide bonds. The molecule has 1 aliphatic heterocycles. The summed E-state index contributed by atoms with van der Waals surface area (Å²) in [6.07, 6.45) is -0.921. The number of halogens is 2. The van der Waals surface area contributed by atoms with E-state index < -0.39 is 52.9 Å². The molecule has 0 saturated carbocycles. The minimum absolute atomic E-state index is 0.122. The molecule has 0 aromatic heterocycles. The lowest BCUT2D eigenvalue weighted by Gasteiger charge is -2.47. The molecule has 3 unspecified atom stereocenters. The normalized spacial score (nSPS) is 17.0. The number of carbonyl (C=O) groups is 4. The second-order valence-electron chi connectivity index (χ2n) is 11.4. The van der Waals surface area contributed by atoms with Gasteiger partial charge in [-0.05, 0) is 65.6 Å². The molecule has 48 heavy (non-hydrogen) atoms. The molecule has 0 aliphatic carbocycles. The van der Waals surface area contributed by atoms with Crippen LogP contribution in [0.4, 0.5) is 14.5 Å². The van der Waals surface area contributed by atoms with Gasteiger partial charge < -0.3 is 35.8 Å². The van der Waals surface area contributed by atoms with E-state index in [0.29, 0.717) is 17.0 Å². The first-order valence-electron chi connectivity index (χ1n) is 15.3. The molecule has 1 heterocycles. The molecule has 0 spiro atoms. The van der Waals surface area contributed by atoms with Crippen LogP contribution in [0, 0.1) is 17.6 Å². The van der Waals surface area contributed by atoms with Crippen molar-refractivity contribution in [2.24, 2.45) is 5.92 Å². The number of aliphatic carboxylic acids is 1. The summed E-state index contributed by atoms with van der Waals surface area (Å²) >= 11 is 1.27. The number of β-lactam (4-membered cyclic amide) rings is 1. The number of ether oxygens (including phenoxy) is 1. The Hall–Kier alpha value is -4.53. The number of anilines is 1. The van der Waals surface area contributed by atoms with Crippen LogP contribution in [0.2, 0.25) is 0 Å². The second-order valence-corrected chi connectivity index (χ2v) is 12.6. The first-order valence-corrected chi connectivity index (χ1v) is 16.4. The third-order valence-corrected chi connectivity index (χ3v) is 8.95. The molecule has 14 heteroatoms. The van der Waals surface area contributed by atoms with Crippen LogP contribution in [0.1, 0.15) is 37.1 Å². The maximum atomic E-state index is 13.6. The van der Waals surface area contributed by atoms with Crippen molar-refractivity contribution in [3.05, 3.63) is 95.6 Å². The van der Waals surface area contributed by atoms with Gasteiger partial charge in [-0.1, -0.05) is 38.1 Å². The fourth-order valence-corrected chi connectivity index (χ4v) is 6.35. The van der Waals surface area contributed by atoms with Crippen molar-refractivity contribution in [3.8, 4) is 5.75 Å². The van der Waals surface area contributed by atoms with Crippen molar-refractivity contribution in [2.45, 2.75) is 37.3 Å². The lowest BCUT2D eigenvalue weighted by atomic mass is 9.92. The molecule has 0 bridgehead atoms. The fraction of sp³-hybridized carbons (Fsp3) is 0.353. The van der Waals surface area contributed by atoms with Gasteiger partial charge in [0, 0.05) is 24.5 Å². The van der Waals surface area contributed by atoms with Crippen LogP contribution in [0.15, 0.2) is 72.8 Å². The number of rotatable bonds is 17. The van der Waals surface area contributed by atoms with Crippen LogP contribution in [0.3, 0.4) is 0 Å². The fourth-order valence-electron chi connectivity index (χ4n) is 5.05. The van der Waals surface area contributed by atoms with E-state index in [9.17, 15) is 38.2 Å². The summed E-state index contributed by atoms with van der Waals surface area (Å²) in [4.78, 5) is 50.4. The molecule has 4 rings (SSSR count). The van der Waals surface area contributed by atoms with E-state index in [1.54, 1.807) is 43.0 Å². The Kier molecular flexibility index (Phi) is 12.9. The van der Waals surface area contributed by atoms with E-state index in [-0.39, 0.29) is 43.8 Å². The Morgan fingerprint density at radius 2 is 1.52 bits per heavy atom. The van der Waals surface area contributed by atoms with Crippen LogP contribution < -0.4 is 25.6 Å². The number of amides is 3. The highest BCUT2D eigenvalue weighted by Crippen LogP contribution is 2.46. The van der Waals surface area contributed by atoms with Gasteiger partial charge >= 0.3 is 5.97 Å². The van der Waals surface area contributed by atoms with Gasteiger partial charge in [0.1, 0.15) is 28.7 Å². The smallest absolute Gasteiger partial charge is 0.320 e. The minimum atomic E-state index is -0.970. The van der Waals surface area contributed by atoms with E-state index in [4.69, 9.17) is 4.74 Å². The summed E-state index contributed by atoms with van der Waals surface area (Å²) < 4.78 is 32.5. The van der Waals surface area contributed by atoms with Crippen molar-refractivity contribution in [2.75, 3.05) is 36.9 Å². The summed E-state index contributed by atoms with van der Waals surface area (Å²) in [5, 5.41) is 27.2. The molecule has 1 fully saturated rings. The first kappa shape index (κ1) is 36.3. The topological polar surface area (TPSA) is 157 Å². The lowest BCUT2D eigenvalue weighted by molar-refractivity contribution is -0.140. The molecular formula is C34H38F2N4O7S. The van der Waals surface area contributed by atoms with E-state index in [2.05, 4.69) is 16.0 Å². The molecule has 1 aliphatic rings. The average Bonchev–Trinajstić information content (AvgIpc) is 3.06. The maximum Gasteiger partial charge on any atom is 0.320 e. The Bertz CT molecular complexity index is 1560. The van der Waals surface area contributed by atoms with Crippen molar-refractivity contribution in [1.82, 2.24) is 16.0 Å². The van der Waals surface area contributed by atoms with Gasteiger partial charge in [-0.2, -0.15) is 0 Å². The van der Waals surface area contributed by atoms with Gasteiger partial charge in [0.15, 0.2) is 6.61 Å². The predicted octanol–water partition coefficient (Wildman–Crippen LogP) is 3.20. The van der Waals surface area contributed by atoms with Gasteiger partial charge in [0.2, 0.25) is 11.8 Å². The monoisotopic (exact) mass is 684 g/mol. The Morgan fingerprint density at radius 3 is 2.12 bits per heavy atom. The van der Waals surface area contributed by atoms with Crippen molar-refractivity contribution in [3.63, 3.8) is 0 Å². The quantitative estimate of drug-likeness (QED) is 0.106. The third kappa shape index (κ3) is 9.75. The number of benzene rings is 3. The van der Waals surface area contributed by atoms with Crippen molar-refractivity contribution in [1.29, 1.82) is 0 Å². The van der Waals surface area contributed by atoms with Crippen LogP contribution >= 0.6 is 11.8 Å². The molecule has 4 atom stereocenters. The van der Waals surface area contributed by atoms with Gasteiger partial charge in [-0.25, -0.2) is 8.78 Å². The number of carboxylic acids is 1. The molecule has 11 nitrogen and oxygen atoms in total. The number of nitrogens with zero attached hydrogens (tertiary/aromatic N) is 1. The summed E-state index contributed by atoms with van der Waals surface area (Å²) in [7, 11) is 0. The zero-order chi connectivity index (χ0) is 34.8. The third-order valence-electron chi connectivity index (χ3n) is 7.62. The predicted molar refractivity (Wildman–Crippen MR) is 176 cm³/mol. The maximum absolute atomic E-state index is 13.6. The minimum Gasteiger partial charge on any atom is -0.484 e. The van der Waals surface area contributed by atoms with Gasteiger partial charge in [-0.15, -0.1) is 11.8 Å². The van der Waals surface area contributed by atoms with Crippen molar-refractivity contribution >= 4 is 41.1 Å². The summed E-state index contributed by atoms with van der Waals surface area (Å²) in [5.41, 5.74) is 1.79. The molecule has 0 radical (unpaired) electrons. The highest BCUT2D eigenvalue weighted by Gasteiger charge is 2.49. The van der Waals surface area contributed by atoms with E-state index in [0.717, 1.165) is 5.56 Å². The van der Waals surface area contributed by atoms with Crippen LogP contribution in [-0.2, 0) is 19.2 Å². The Labute approximate surface area is 281 Å². The molecular weight excluding hydrogens is 646 g/mol. The number of nitrogens with one attached hydrogen (secondary N) is 3. The van der Waals surface area contributed by atoms with E-state index in [1.165, 1.54) is 60.3 Å². The van der Waals surface area contributed by atoms with Crippen LogP contribution in [0.5, 0.6) is 5.75 Å². The summed E-state index contributed by atoms with van der Waals surface area (Å²) in [5.74, 6) is -2.56. The Balaban J connectivity index is 1.29. The van der Waals surface area contributed by atoms with E-state index >= 15 is 0 Å². The number of hydrogen-bond acceptors (Lipinski definition) is 8. The number of hydrogen-bond donors (Lipinski definition) is 5. The number of carboxylic acid groups (broad SMARTS) is 1. The highest BCUT2D eigenvalue weighted by molar-refractivity contribution is 8.00. The second kappa shape index (κ2) is 17.0. The largest absolute Gasteiger partial charge is 0.484 e. The molecule has 3 aromatic rings. The van der Waals surface area contributed by atoms with E-state index in [1.807, 2.05) is 0 Å². The molecule has 1 saturated heterocycles. The number of aliphatic hydroxyl groups excluding tert-OH is 1. The standard InChI is InChI=1S/C34H38F2N4O7S/c1-20(2)30(34(45)46)38-16-15-37-28(42)17-39-29(43)18-47-26-13-5-22(6-14-26)31-32(33(44)40(31)25-11-9-24(36)10-12-25)48-19-27(41)21-3-7-23(35)8-4-21/h3-14,20,27,30-32,38,41H,15-19H2,1-2H3,(H,37,42)(H,39,43)(H,45,46)/t27?,30-,31?,32?/m0/s1. The Morgan fingerprint density at radius 1 is 0.896 bits per heavy atom. The average molecular weight is 685 g/mol. The molecule has 3 aromatic carbocycles. The zero-order valence-electron chi connectivity index (χ0n) is 26.4. The van der Waals surface area contributed by atoms with Crippen molar-refractivity contribution < 1.29 is 42.9 Å². The van der Waals surface area contributed by atoms with Gasteiger partial charge in [0.25, 0.3) is 5.91 Å². The van der Waals surface area contributed by atoms with Crippen LogP contribution in [-0.4, -0.2) is 77.2 Å². The van der Waals surface area contributed by atoms with Gasteiger partial charge in [0.05, 0.1) is 18.7 Å². The number of carbonyl (C=O) groups excluding carboxylic acids is 3. The molecule has 5 N–H and O–H groups in total. The lowest BCUT2D eigenvalue weighted by Crippen LogP contribution is -2.57. The highest BCUT2D eigenvalue weighted by atomic mass is 32.2. The summed E-state index contributed by atoms with van der Waals surface area (Å²) in [6.45, 7) is 3.36. The van der Waals surface area contributed by atoms with Gasteiger partial charge in [-0.3, -0.25) is 19.2 Å². The first-order chi connectivity index (χ1) is 22.9. The SMILES string of the molecule is CC(C)[C@H](NCCNC(=O)CNC(=O)COc1ccc(C2C(SCC(O)c3ccc(F)cc3)C(=O)N2c2ccc(F)cc2)cc1)C(=O)O. The molecule has 256 valence electrons. The number of aliphatic hydroxyl groups is 1. The summed E-state index contributed by atoms with van der Waals surface area (Å²) in [6, 6.07) is 16.7. The number of thioether (sulfide) groups is 1.